The summed E-state index contributed by atoms with van der Waals surface area (Å²) >= 11 is 1.56. The molecule has 0 spiro atoms. The molecule has 0 bridgehead atoms. The number of para-hydroxylation sites is 2. The number of thiazole rings is 1. The molecule has 0 unspecified atom stereocenters. The molecule has 1 aromatic carbocycles. The third-order valence-electron chi connectivity index (χ3n) is 6.17. The van der Waals surface area contributed by atoms with Crippen LogP contribution in [0.25, 0.3) is 22.6 Å². The number of hydrogen-bond donors (Lipinski definition) is 0. The summed E-state index contributed by atoms with van der Waals surface area (Å²) in [5.41, 5.74) is 4.59. The molecule has 0 N–H and O–H groups in total. The molecule has 2 aromatic heterocycles. The fourth-order valence-electron chi connectivity index (χ4n) is 4.91. The Labute approximate surface area is 163 Å². The van der Waals surface area contributed by atoms with E-state index in [1.807, 2.05) is 35.2 Å². The second kappa shape index (κ2) is 7.08. The van der Waals surface area contributed by atoms with Crippen LogP contribution in [0.5, 0.6) is 0 Å². The van der Waals surface area contributed by atoms with Gasteiger partial charge in [0, 0.05) is 18.0 Å². The van der Waals surface area contributed by atoms with E-state index in [2.05, 4.69) is 14.5 Å². The number of imidazole rings is 1. The maximum atomic E-state index is 13.3. The van der Waals surface area contributed by atoms with E-state index in [4.69, 9.17) is 4.98 Å². The average molecular weight is 381 g/mol. The van der Waals surface area contributed by atoms with Gasteiger partial charge in [-0.05, 0) is 43.7 Å². The van der Waals surface area contributed by atoms with Crippen molar-refractivity contribution in [3.8, 4) is 11.5 Å². The lowest BCUT2D eigenvalue weighted by atomic mass is 9.78. The number of aromatic nitrogens is 3. The Balaban J connectivity index is 1.49. The van der Waals surface area contributed by atoms with Crippen LogP contribution in [-0.2, 0) is 11.3 Å². The highest BCUT2D eigenvalue weighted by atomic mass is 32.1. The van der Waals surface area contributed by atoms with Crippen LogP contribution in [0, 0.1) is 5.92 Å². The van der Waals surface area contributed by atoms with Crippen LogP contribution in [0.15, 0.2) is 35.2 Å². The molecule has 6 heteroatoms. The zero-order chi connectivity index (χ0) is 18.2. The first-order chi connectivity index (χ1) is 13.3. The monoisotopic (exact) mass is 380 g/mol. The summed E-state index contributed by atoms with van der Waals surface area (Å²) in [5, 5.41) is 2.00. The van der Waals surface area contributed by atoms with Gasteiger partial charge in [-0.25, -0.2) is 9.97 Å². The molecule has 1 saturated heterocycles. The molecule has 5 rings (SSSR count). The van der Waals surface area contributed by atoms with Crippen molar-refractivity contribution in [2.24, 2.45) is 5.92 Å². The van der Waals surface area contributed by atoms with Crippen molar-refractivity contribution in [2.75, 3.05) is 6.54 Å². The predicted octanol–water partition coefficient (Wildman–Crippen LogP) is 4.34. The number of rotatable bonds is 3. The minimum absolute atomic E-state index is 0.228. The maximum Gasteiger partial charge on any atom is 0.242 e. The number of carbonyl (C=O) groups is 1. The molecule has 2 aliphatic rings. The van der Waals surface area contributed by atoms with Crippen molar-refractivity contribution in [2.45, 2.75) is 51.1 Å². The van der Waals surface area contributed by atoms with E-state index in [1.165, 1.54) is 32.1 Å². The van der Waals surface area contributed by atoms with Gasteiger partial charge in [0.25, 0.3) is 0 Å². The molecule has 3 aromatic rings. The first-order valence-electron chi connectivity index (χ1n) is 9.94. The molecule has 5 nitrogen and oxygen atoms in total. The second-order valence-electron chi connectivity index (χ2n) is 7.73. The van der Waals surface area contributed by atoms with Gasteiger partial charge in [0.1, 0.15) is 12.2 Å². The second-order valence-corrected chi connectivity index (χ2v) is 8.44. The highest BCUT2D eigenvalue weighted by Crippen LogP contribution is 2.35. The van der Waals surface area contributed by atoms with Crippen molar-refractivity contribution in [3.05, 3.63) is 35.2 Å². The molecule has 1 saturated carbocycles. The van der Waals surface area contributed by atoms with Crippen LogP contribution in [0.1, 0.15) is 38.5 Å². The van der Waals surface area contributed by atoms with Crippen molar-refractivity contribution in [1.29, 1.82) is 0 Å². The molecule has 1 aliphatic carbocycles. The Hall–Kier alpha value is -2.21. The molecule has 140 valence electrons. The number of hydrogen-bond acceptors (Lipinski definition) is 4. The Morgan fingerprint density at radius 1 is 1.15 bits per heavy atom. The lowest BCUT2D eigenvalue weighted by Gasteiger charge is -2.44. The van der Waals surface area contributed by atoms with Gasteiger partial charge in [-0.2, -0.15) is 0 Å². The van der Waals surface area contributed by atoms with E-state index in [-0.39, 0.29) is 5.91 Å². The SMILES string of the molecule is O=C(Cn1c(-c2cscn2)nc2ccccc21)N1CCC[C@H]2CCCC[C@H]21. The van der Waals surface area contributed by atoms with Gasteiger partial charge in [-0.15, -0.1) is 11.3 Å². The summed E-state index contributed by atoms with van der Waals surface area (Å²) in [6.45, 7) is 1.25. The molecular weight excluding hydrogens is 356 g/mol. The van der Waals surface area contributed by atoms with Gasteiger partial charge in [-0.1, -0.05) is 25.0 Å². The molecule has 27 heavy (non-hydrogen) atoms. The van der Waals surface area contributed by atoms with Crippen LogP contribution in [0.3, 0.4) is 0 Å². The van der Waals surface area contributed by atoms with Crippen molar-refractivity contribution < 1.29 is 4.79 Å². The van der Waals surface area contributed by atoms with Gasteiger partial charge < -0.3 is 9.47 Å². The van der Waals surface area contributed by atoms with E-state index in [9.17, 15) is 4.79 Å². The Kier molecular flexibility index (Phi) is 4.44. The Morgan fingerprint density at radius 3 is 2.89 bits per heavy atom. The number of carbonyl (C=O) groups excluding carboxylic acids is 1. The van der Waals surface area contributed by atoms with Gasteiger partial charge in [-0.3, -0.25) is 4.79 Å². The van der Waals surface area contributed by atoms with Gasteiger partial charge in [0.15, 0.2) is 5.82 Å². The Morgan fingerprint density at radius 2 is 2.00 bits per heavy atom. The summed E-state index contributed by atoms with van der Waals surface area (Å²) < 4.78 is 2.05. The predicted molar refractivity (Wildman–Crippen MR) is 108 cm³/mol. The molecule has 0 radical (unpaired) electrons. The molecular formula is C21H24N4OS. The van der Waals surface area contributed by atoms with Gasteiger partial charge >= 0.3 is 0 Å². The zero-order valence-electron chi connectivity index (χ0n) is 15.4. The molecule has 3 heterocycles. The van der Waals surface area contributed by atoms with Crippen molar-refractivity contribution in [1.82, 2.24) is 19.4 Å². The normalized spacial score (nSPS) is 22.7. The lowest BCUT2D eigenvalue weighted by Crippen LogP contribution is -2.50. The highest BCUT2D eigenvalue weighted by molar-refractivity contribution is 7.07. The number of amides is 1. The number of piperidine rings is 1. The van der Waals surface area contributed by atoms with Gasteiger partial charge in [0.2, 0.25) is 5.91 Å². The third kappa shape index (κ3) is 3.06. The quantitative estimate of drug-likeness (QED) is 0.679. The number of nitrogens with zero attached hydrogens (tertiary/aromatic N) is 4. The Bertz CT molecular complexity index is 946. The van der Waals surface area contributed by atoms with E-state index in [1.54, 1.807) is 11.3 Å². The maximum absolute atomic E-state index is 13.3. The fourth-order valence-corrected chi connectivity index (χ4v) is 5.45. The van der Waals surface area contributed by atoms with E-state index in [0.717, 1.165) is 35.5 Å². The summed E-state index contributed by atoms with van der Waals surface area (Å²) in [5.74, 6) is 1.73. The number of fused-ring (bicyclic) bond motifs is 2. The molecule has 1 aliphatic heterocycles. The van der Waals surface area contributed by atoms with Gasteiger partial charge in [0.05, 0.1) is 16.5 Å². The minimum Gasteiger partial charge on any atom is -0.338 e. The van der Waals surface area contributed by atoms with Crippen LogP contribution >= 0.6 is 11.3 Å². The third-order valence-corrected chi connectivity index (χ3v) is 6.76. The molecule has 1 amide bonds. The zero-order valence-corrected chi connectivity index (χ0v) is 16.2. The van der Waals surface area contributed by atoms with Crippen LogP contribution < -0.4 is 0 Å². The fraction of sp³-hybridized carbons (Fsp3) is 0.476. The summed E-state index contributed by atoms with van der Waals surface area (Å²) in [7, 11) is 0. The largest absolute Gasteiger partial charge is 0.338 e. The van der Waals surface area contributed by atoms with Crippen LogP contribution in [0.2, 0.25) is 0 Å². The summed E-state index contributed by atoms with van der Waals surface area (Å²) in [6.07, 6.45) is 7.45. The standard InChI is InChI=1S/C21H24N4OS/c26-20(24-11-5-7-15-6-1-3-9-18(15)24)12-25-19-10-4-2-8-16(19)23-21(25)17-13-27-14-22-17/h2,4,8,10,13-15,18H,1,3,5-7,9,11-12H2/t15-,18-/m1/s1. The molecule has 2 atom stereocenters. The highest BCUT2D eigenvalue weighted by Gasteiger charge is 2.35. The average Bonchev–Trinajstić information content (AvgIpc) is 3.36. The van der Waals surface area contributed by atoms with Crippen LogP contribution in [0.4, 0.5) is 0 Å². The molecule has 2 fully saturated rings. The lowest BCUT2D eigenvalue weighted by molar-refractivity contribution is -0.138. The number of benzene rings is 1. The minimum atomic E-state index is 0.228. The smallest absolute Gasteiger partial charge is 0.242 e. The first-order valence-corrected chi connectivity index (χ1v) is 10.9. The first kappa shape index (κ1) is 16.9. The topological polar surface area (TPSA) is 51.0 Å². The summed E-state index contributed by atoms with van der Waals surface area (Å²) in [6, 6.07) is 8.49. The number of likely N-dealkylation sites (tertiary alicyclic amines) is 1. The van der Waals surface area contributed by atoms with E-state index < -0.39 is 0 Å². The van der Waals surface area contributed by atoms with Crippen molar-refractivity contribution in [3.63, 3.8) is 0 Å². The van der Waals surface area contributed by atoms with E-state index in [0.29, 0.717) is 18.5 Å². The van der Waals surface area contributed by atoms with Crippen molar-refractivity contribution >= 4 is 28.3 Å². The van der Waals surface area contributed by atoms with E-state index >= 15 is 0 Å². The van der Waals surface area contributed by atoms with Crippen LogP contribution in [-0.4, -0.2) is 37.9 Å². The summed E-state index contributed by atoms with van der Waals surface area (Å²) in [4.78, 5) is 24.7.